The molecule has 2 N–H and O–H groups in total. The van der Waals surface area contributed by atoms with Crippen LogP contribution in [0.3, 0.4) is 0 Å². The van der Waals surface area contributed by atoms with Gasteiger partial charge in [0.05, 0.1) is 5.75 Å². The standard InChI is InChI=1S/C11H21F3N2O2S/c12-11(13,14)6-3-8-16-19(17,18)9-5-10-4-1-2-7-15-10/h10,15-16H,1-9H2. The third kappa shape index (κ3) is 8.43. The molecule has 114 valence electrons. The van der Waals surface area contributed by atoms with Crippen LogP contribution >= 0.6 is 0 Å². The quantitative estimate of drug-likeness (QED) is 0.705. The van der Waals surface area contributed by atoms with Gasteiger partial charge >= 0.3 is 6.18 Å². The summed E-state index contributed by atoms with van der Waals surface area (Å²) in [6.45, 7) is 0.754. The minimum absolute atomic E-state index is 0.0311. The molecule has 4 nitrogen and oxygen atoms in total. The summed E-state index contributed by atoms with van der Waals surface area (Å²) in [5.41, 5.74) is 0. The van der Waals surface area contributed by atoms with Crippen molar-refractivity contribution in [3.8, 4) is 0 Å². The summed E-state index contributed by atoms with van der Waals surface area (Å²) in [7, 11) is -3.46. The van der Waals surface area contributed by atoms with Gasteiger partial charge in [0.25, 0.3) is 0 Å². The fourth-order valence-electron chi connectivity index (χ4n) is 2.06. The van der Waals surface area contributed by atoms with Crippen molar-refractivity contribution in [3.05, 3.63) is 0 Å². The summed E-state index contributed by atoms with van der Waals surface area (Å²) in [5, 5.41) is 3.24. The van der Waals surface area contributed by atoms with Gasteiger partial charge in [0, 0.05) is 19.0 Å². The number of hydrogen-bond donors (Lipinski definition) is 2. The number of sulfonamides is 1. The molecule has 1 atom stereocenters. The fraction of sp³-hybridized carbons (Fsp3) is 1.00. The summed E-state index contributed by atoms with van der Waals surface area (Å²) < 4.78 is 61.0. The molecule has 19 heavy (non-hydrogen) atoms. The monoisotopic (exact) mass is 302 g/mol. The Morgan fingerprint density at radius 3 is 2.58 bits per heavy atom. The Hall–Kier alpha value is -0.340. The number of hydrogen-bond acceptors (Lipinski definition) is 3. The lowest BCUT2D eigenvalue weighted by atomic mass is 10.0. The average molecular weight is 302 g/mol. The first-order chi connectivity index (χ1) is 8.79. The molecular formula is C11H21F3N2O2S. The van der Waals surface area contributed by atoms with Gasteiger partial charge in [-0.15, -0.1) is 0 Å². The summed E-state index contributed by atoms with van der Waals surface area (Å²) in [6.07, 6.45) is -1.73. The van der Waals surface area contributed by atoms with Crippen molar-refractivity contribution >= 4 is 10.0 Å². The summed E-state index contributed by atoms with van der Waals surface area (Å²) in [5.74, 6) is -0.0311. The molecule has 0 radical (unpaired) electrons. The SMILES string of the molecule is O=S(=O)(CCC1CCCCN1)NCCCC(F)(F)F. The normalized spacial score (nSPS) is 21.5. The number of nitrogens with one attached hydrogen (secondary N) is 2. The van der Waals surface area contributed by atoms with Crippen molar-refractivity contribution in [2.24, 2.45) is 0 Å². The van der Waals surface area contributed by atoms with Crippen LogP contribution in [0.2, 0.25) is 0 Å². The van der Waals surface area contributed by atoms with E-state index in [2.05, 4.69) is 10.0 Å². The van der Waals surface area contributed by atoms with Crippen molar-refractivity contribution in [1.29, 1.82) is 0 Å². The molecule has 1 heterocycles. The minimum Gasteiger partial charge on any atom is -0.314 e. The van der Waals surface area contributed by atoms with Gasteiger partial charge in [-0.2, -0.15) is 13.2 Å². The largest absolute Gasteiger partial charge is 0.389 e. The van der Waals surface area contributed by atoms with Crippen molar-refractivity contribution < 1.29 is 21.6 Å². The van der Waals surface area contributed by atoms with Crippen LogP contribution in [-0.2, 0) is 10.0 Å². The zero-order chi connectivity index (χ0) is 14.4. The van der Waals surface area contributed by atoms with Gasteiger partial charge in [-0.3, -0.25) is 0 Å². The molecule has 0 aromatic heterocycles. The highest BCUT2D eigenvalue weighted by atomic mass is 32.2. The van der Waals surface area contributed by atoms with Gasteiger partial charge in [0.1, 0.15) is 0 Å². The van der Waals surface area contributed by atoms with Gasteiger partial charge in [0.15, 0.2) is 0 Å². The van der Waals surface area contributed by atoms with Crippen LogP contribution in [0.25, 0.3) is 0 Å². The Morgan fingerprint density at radius 1 is 1.26 bits per heavy atom. The Bertz CT molecular complexity index is 351. The summed E-state index contributed by atoms with van der Waals surface area (Å²) in [6, 6.07) is 0.209. The van der Waals surface area contributed by atoms with E-state index in [4.69, 9.17) is 0 Å². The molecule has 1 unspecified atom stereocenters. The highest BCUT2D eigenvalue weighted by Crippen LogP contribution is 2.20. The van der Waals surface area contributed by atoms with Gasteiger partial charge < -0.3 is 5.32 Å². The highest BCUT2D eigenvalue weighted by molar-refractivity contribution is 7.89. The number of piperidine rings is 1. The first-order valence-corrected chi connectivity index (χ1v) is 8.21. The Morgan fingerprint density at radius 2 is 2.00 bits per heavy atom. The second-order valence-corrected chi connectivity index (χ2v) is 6.79. The third-order valence-corrected chi connectivity index (χ3v) is 4.52. The van der Waals surface area contributed by atoms with Crippen molar-refractivity contribution in [3.63, 3.8) is 0 Å². The molecule has 0 aromatic rings. The first kappa shape index (κ1) is 16.7. The van der Waals surface area contributed by atoms with Crippen molar-refractivity contribution in [1.82, 2.24) is 10.0 Å². The van der Waals surface area contributed by atoms with Gasteiger partial charge in [-0.25, -0.2) is 13.1 Å². The van der Waals surface area contributed by atoms with Crippen LogP contribution < -0.4 is 10.0 Å². The molecule has 8 heteroatoms. The van der Waals surface area contributed by atoms with E-state index in [0.717, 1.165) is 25.8 Å². The predicted octanol–water partition coefficient (Wildman–Crippen LogP) is 1.78. The summed E-state index contributed by atoms with van der Waals surface area (Å²) >= 11 is 0. The maximum atomic E-state index is 11.9. The summed E-state index contributed by atoms with van der Waals surface area (Å²) in [4.78, 5) is 0. The van der Waals surface area contributed by atoms with E-state index in [1.165, 1.54) is 0 Å². The Balaban J connectivity index is 2.16. The number of rotatable bonds is 7. The topological polar surface area (TPSA) is 58.2 Å². The number of halogens is 3. The first-order valence-electron chi connectivity index (χ1n) is 6.56. The van der Waals surface area contributed by atoms with Crippen LogP contribution in [0.1, 0.15) is 38.5 Å². The van der Waals surface area contributed by atoms with E-state index >= 15 is 0 Å². The van der Waals surface area contributed by atoms with E-state index in [-0.39, 0.29) is 24.8 Å². The van der Waals surface area contributed by atoms with Gasteiger partial charge in [-0.05, 0) is 32.2 Å². The van der Waals surface area contributed by atoms with Crippen LogP contribution in [0, 0.1) is 0 Å². The molecule has 0 amide bonds. The lowest BCUT2D eigenvalue weighted by Gasteiger charge is -2.23. The van der Waals surface area contributed by atoms with Crippen molar-refractivity contribution in [2.45, 2.75) is 50.7 Å². The van der Waals surface area contributed by atoms with E-state index in [1.807, 2.05) is 0 Å². The minimum atomic E-state index is -4.22. The maximum Gasteiger partial charge on any atom is 0.389 e. The molecule has 0 aromatic carbocycles. The Kier molecular flexibility index (Phi) is 6.55. The fourth-order valence-corrected chi connectivity index (χ4v) is 3.25. The molecule has 0 bridgehead atoms. The van der Waals surface area contributed by atoms with Gasteiger partial charge in [0.2, 0.25) is 10.0 Å². The molecule has 0 aliphatic carbocycles. The molecule has 1 saturated heterocycles. The predicted molar refractivity (Wildman–Crippen MR) is 67.3 cm³/mol. The van der Waals surface area contributed by atoms with E-state index in [9.17, 15) is 21.6 Å². The molecule has 1 aliphatic rings. The third-order valence-electron chi connectivity index (χ3n) is 3.11. The maximum absolute atomic E-state index is 11.9. The van der Waals surface area contributed by atoms with Crippen LogP contribution in [0.15, 0.2) is 0 Å². The zero-order valence-electron chi connectivity index (χ0n) is 10.8. The van der Waals surface area contributed by atoms with Crippen LogP contribution in [0.5, 0.6) is 0 Å². The second-order valence-electron chi connectivity index (χ2n) is 4.87. The molecule has 1 aliphatic heterocycles. The smallest absolute Gasteiger partial charge is 0.314 e. The lowest BCUT2D eigenvalue weighted by molar-refractivity contribution is -0.135. The molecule has 0 spiro atoms. The zero-order valence-corrected chi connectivity index (χ0v) is 11.6. The van der Waals surface area contributed by atoms with E-state index < -0.39 is 22.6 Å². The van der Waals surface area contributed by atoms with E-state index in [1.54, 1.807) is 0 Å². The second kappa shape index (κ2) is 7.44. The van der Waals surface area contributed by atoms with Gasteiger partial charge in [-0.1, -0.05) is 6.42 Å². The molecule has 1 rings (SSSR count). The molecule has 0 saturated carbocycles. The number of alkyl halides is 3. The highest BCUT2D eigenvalue weighted by Gasteiger charge is 2.26. The van der Waals surface area contributed by atoms with Crippen molar-refractivity contribution in [2.75, 3.05) is 18.8 Å². The van der Waals surface area contributed by atoms with Crippen LogP contribution in [0.4, 0.5) is 13.2 Å². The van der Waals surface area contributed by atoms with Crippen LogP contribution in [-0.4, -0.2) is 39.5 Å². The Labute approximate surface area is 112 Å². The molecular weight excluding hydrogens is 281 g/mol. The van der Waals surface area contributed by atoms with E-state index in [0.29, 0.717) is 6.42 Å². The lowest BCUT2D eigenvalue weighted by Crippen LogP contribution is -2.37. The average Bonchev–Trinajstić information content (AvgIpc) is 2.33. The molecule has 1 fully saturated rings.